The number of aromatic amines is 1. The predicted octanol–water partition coefficient (Wildman–Crippen LogP) is 6.40. The van der Waals surface area contributed by atoms with Crippen LogP contribution < -0.4 is 15.5 Å². The molecule has 0 fully saturated rings. The summed E-state index contributed by atoms with van der Waals surface area (Å²) in [4.78, 5) is 25.3. The molecule has 0 unspecified atom stereocenters. The van der Waals surface area contributed by atoms with Crippen LogP contribution in [-0.2, 0) is 19.9 Å². The molecule has 8 heteroatoms. The van der Waals surface area contributed by atoms with Crippen LogP contribution in [0.4, 0.5) is 16.2 Å². The maximum atomic E-state index is 12.0. The summed E-state index contributed by atoms with van der Waals surface area (Å²) in [6.45, 7) is 5.69. The van der Waals surface area contributed by atoms with E-state index in [1.165, 1.54) is 39.1 Å². The zero-order valence-corrected chi connectivity index (χ0v) is 24.4. The third-order valence-corrected chi connectivity index (χ3v) is 7.59. The maximum Gasteiger partial charge on any atom is 0.321 e. The number of anilines is 2. The Morgan fingerprint density at radius 2 is 1.76 bits per heavy atom. The molecule has 0 saturated carbocycles. The number of rotatable bonds is 6. The van der Waals surface area contributed by atoms with Gasteiger partial charge in [-0.25, -0.2) is 14.8 Å². The lowest BCUT2D eigenvalue weighted by atomic mass is 10.0. The van der Waals surface area contributed by atoms with Gasteiger partial charge in [0.25, 0.3) is 0 Å². The first-order valence-corrected chi connectivity index (χ1v) is 14.4. The quantitative estimate of drug-likeness (QED) is 0.260. The first-order valence-electron chi connectivity index (χ1n) is 14.4. The molecule has 0 spiro atoms. The Balaban J connectivity index is 0.000000166. The third-order valence-electron chi connectivity index (χ3n) is 7.59. The smallest absolute Gasteiger partial charge is 0.321 e. The first kappa shape index (κ1) is 28.0. The minimum Gasteiger partial charge on any atom is -0.385 e. The molecule has 0 atom stereocenters. The molecule has 0 radical (unpaired) electrons. The van der Waals surface area contributed by atoms with E-state index in [9.17, 15) is 4.79 Å². The molecule has 0 aliphatic heterocycles. The zero-order chi connectivity index (χ0) is 28.8. The van der Waals surface area contributed by atoms with Crippen LogP contribution >= 0.6 is 0 Å². The normalized spacial score (nSPS) is 15.3. The van der Waals surface area contributed by atoms with Crippen LogP contribution in [0.3, 0.4) is 0 Å². The second kappa shape index (κ2) is 12.7. The van der Waals surface area contributed by atoms with Crippen LogP contribution in [0.5, 0.6) is 0 Å². The number of hydrogen-bond acceptors (Lipinski definition) is 4. The van der Waals surface area contributed by atoms with Gasteiger partial charge in [0.1, 0.15) is 0 Å². The van der Waals surface area contributed by atoms with Crippen LogP contribution in [0.2, 0.25) is 0 Å². The van der Waals surface area contributed by atoms with Gasteiger partial charge in [0, 0.05) is 44.8 Å². The molecule has 2 aliphatic rings. The number of carbonyl (C=O) groups is 1. The van der Waals surface area contributed by atoms with Crippen LogP contribution in [-0.4, -0.2) is 45.7 Å². The predicted molar refractivity (Wildman–Crippen MR) is 169 cm³/mol. The number of aromatic nitrogens is 4. The van der Waals surface area contributed by atoms with Crippen molar-refractivity contribution in [3.63, 3.8) is 0 Å². The van der Waals surface area contributed by atoms with Gasteiger partial charge in [-0.2, -0.15) is 0 Å². The van der Waals surface area contributed by atoms with Gasteiger partial charge in [0.2, 0.25) is 0 Å². The van der Waals surface area contributed by atoms with Gasteiger partial charge < -0.3 is 20.2 Å². The summed E-state index contributed by atoms with van der Waals surface area (Å²) < 4.78 is 1.98. The monoisotopic (exact) mass is 549 g/mol. The van der Waals surface area contributed by atoms with Crippen molar-refractivity contribution in [2.75, 3.05) is 30.4 Å². The fourth-order valence-corrected chi connectivity index (χ4v) is 5.56. The van der Waals surface area contributed by atoms with Crippen molar-refractivity contribution in [3.05, 3.63) is 95.1 Å². The van der Waals surface area contributed by atoms with E-state index in [2.05, 4.69) is 81.2 Å². The number of aryl methyl sites for hydroxylation is 3. The van der Waals surface area contributed by atoms with Gasteiger partial charge in [-0.3, -0.25) is 4.90 Å². The SMILES string of the molecule is CCN(C(=O)NC)c1ccc2c(c1)/C(=C/c1cnc[nH]1)CC2.CCNc1ccc2c(c1)/C(=C/c1cn(C)cn1)CC2. The molecule has 2 heterocycles. The van der Waals surface area contributed by atoms with Crippen LogP contribution in [0, 0.1) is 0 Å². The highest BCUT2D eigenvalue weighted by Crippen LogP contribution is 2.36. The Bertz CT molecular complexity index is 1560. The Hall–Kier alpha value is -4.59. The van der Waals surface area contributed by atoms with Crippen LogP contribution in [0.25, 0.3) is 23.3 Å². The van der Waals surface area contributed by atoms with Crippen molar-refractivity contribution < 1.29 is 4.79 Å². The highest BCUT2D eigenvalue weighted by molar-refractivity contribution is 5.93. The van der Waals surface area contributed by atoms with E-state index in [4.69, 9.17) is 0 Å². The van der Waals surface area contributed by atoms with E-state index in [1.807, 2.05) is 37.1 Å². The Kier molecular flexibility index (Phi) is 8.67. The van der Waals surface area contributed by atoms with Crippen molar-refractivity contribution in [2.45, 2.75) is 39.5 Å². The number of allylic oxidation sites excluding steroid dienone is 2. The van der Waals surface area contributed by atoms with Crippen molar-refractivity contribution in [2.24, 2.45) is 7.05 Å². The lowest BCUT2D eigenvalue weighted by Gasteiger charge is -2.21. The molecular weight excluding hydrogens is 510 g/mol. The standard InChI is InChI=1S/C17H20N4O.C16H19N3/c1-3-21(17(22)18-2)15-7-6-12-4-5-13(16(12)9-15)8-14-10-19-11-20-14;1-3-17-14-7-6-12-4-5-13(16(12)9-14)8-15-10-19(2)11-18-15/h6-11H,3-5H2,1-2H3,(H,18,22)(H,19,20);6-11,17H,3-5H2,1-2H3/b2*13-8+. The lowest BCUT2D eigenvalue weighted by molar-refractivity contribution is 0.248. The van der Waals surface area contributed by atoms with E-state index < -0.39 is 0 Å². The molecule has 8 nitrogen and oxygen atoms in total. The Morgan fingerprint density at radius 1 is 1.02 bits per heavy atom. The topological polar surface area (TPSA) is 90.9 Å². The Labute approximate surface area is 242 Å². The van der Waals surface area contributed by atoms with Crippen molar-refractivity contribution in [3.8, 4) is 0 Å². The minimum absolute atomic E-state index is 0.0838. The van der Waals surface area contributed by atoms with Gasteiger partial charge in [-0.15, -0.1) is 0 Å². The summed E-state index contributed by atoms with van der Waals surface area (Å²) in [5.74, 6) is 0. The molecule has 3 N–H and O–H groups in total. The summed E-state index contributed by atoms with van der Waals surface area (Å²) in [5.41, 5.74) is 12.3. The molecule has 41 heavy (non-hydrogen) atoms. The van der Waals surface area contributed by atoms with Gasteiger partial charge in [0.05, 0.1) is 30.2 Å². The van der Waals surface area contributed by atoms with E-state index in [0.717, 1.165) is 49.3 Å². The zero-order valence-electron chi connectivity index (χ0n) is 24.4. The molecule has 6 rings (SSSR count). The highest BCUT2D eigenvalue weighted by atomic mass is 16.2. The average Bonchev–Trinajstić information content (AvgIpc) is 3.80. The van der Waals surface area contributed by atoms with E-state index in [1.54, 1.807) is 18.3 Å². The first-order chi connectivity index (χ1) is 20.0. The van der Waals surface area contributed by atoms with Gasteiger partial charge in [-0.05, 0) is 109 Å². The molecular formula is C33H39N7O. The molecule has 0 bridgehead atoms. The van der Waals surface area contributed by atoms with Crippen LogP contribution in [0.15, 0.2) is 61.4 Å². The summed E-state index contributed by atoms with van der Waals surface area (Å²) in [5, 5.41) is 6.07. The van der Waals surface area contributed by atoms with E-state index in [-0.39, 0.29) is 6.03 Å². The third kappa shape index (κ3) is 6.43. The summed E-state index contributed by atoms with van der Waals surface area (Å²) >= 11 is 0. The number of H-pyrrole nitrogens is 1. The average molecular weight is 550 g/mol. The number of imidazole rings is 2. The fourth-order valence-electron chi connectivity index (χ4n) is 5.56. The maximum absolute atomic E-state index is 12.0. The molecule has 2 aliphatic carbocycles. The number of fused-ring (bicyclic) bond motifs is 2. The number of urea groups is 1. The van der Waals surface area contributed by atoms with Gasteiger partial charge in [0.15, 0.2) is 0 Å². The van der Waals surface area contributed by atoms with Crippen molar-refractivity contribution >= 4 is 40.7 Å². The minimum atomic E-state index is -0.0838. The molecule has 2 aromatic carbocycles. The largest absolute Gasteiger partial charge is 0.385 e. The summed E-state index contributed by atoms with van der Waals surface area (Å²) in [7, 11) is 3.66. The molecule has 0 saturated heterocycles. The molecule has 212 valence electrons. The fraction of sp³-hybridized carbons (Fsp3) is 0.303. The summed E-state index contributed by atoms with van der Waals surface area (Å²) in [6, 6.07) is 12.9. The number of amides is 2. The summed E-state index contributed by atoms with van der Waals surface area (Å²) in [6.07, 6.45) is 16.1. The second-order valence-corrected chi connectivity index (χ2v) is 10.4. The number of benzene rings is 2. The number of nitrogens with zero attached hydrogens (tertiary/aromatic N) is 4. The number of hydrogen-bond donors (Lipinski definition) is 3. The molecule has 2 amide bonds. The van der Waals surface area contributed by atoms with E-state index in [0.29, 0.717) is 6.54 Å². The van der Waals surface area contributed by atoms with Gasteiger partial charge in [-0.1, -0.05) is 12.1 Å². The molecule has 2 aromatic heterocycles. The van der Waals surface area contributed by atoms with Gasteiger partial charge >= 0.3 is 6.03 Å². The number of nitrogens with one attached hydrogen (secondary N) is 3. The lowest BCUT2D eigenvalue weighted by Crippen LogP contribution is -2.37. The van der Waals surface area contributed by atoms with Crippen molar-refractivity contribution in [1.29, 1.82) is 0 Å². The number of carbonyl (C=O) groups excluding carboxylic acids is 1. The van der Waals surface area contributed by atoms with Crippen LogP contribution in [0.1, 0.15) is 60.3 Å². The second-order valence-electron chi connectivity index (χ2n) is 10.4. The van der Waals surface area contributed by atoms with Crippen molar-refractivity contribution in [1.82, 2.24) is 24.8 Å². The highest BCUT2D eigenvalue weighted by Gasteiger charge is 2.20. The molecule has 4 aromatic rings. The van der Waals surface area contributed by atoms with E-state index >= 15 is 0 Å². The Morgan fingerprint density at radius 3 is 2.39 bits per heavy atom.